The fourth-order valence-corrected chi connectivity index (χ4v) is 4.44. The summed E-state index contributed by atoms with van der Waals surface area (Å²) in [5.41, 5.74) is 0. The molecular weight excluding hydrogens is 302 g/mol. The van der Waals surface area contributed by atoms with E-state index in [0.717, 1.165) is 25.8 Å². The van der Waals surface area contributed by atoms with Crippen LogP contribution in [-0.2, 0) is 14.8 Å². The minimum Gasteiger partial charge on any atom is -0.356 e. The molecule has 1 amide bonds. The highest BCUT2D eigenvalue weighted by Gasteiger charge is 2.31. The Balaban J connectivity index is 1.70. The Labute approximate surface area is 134 Å². The summed E-state index contributed by atoms with van der Waals surface area (Å²) in [5, 5.41) is 2.98. The van der Waals surface area contributed by atoms with Crippen molar-refractivity contribution in [3.05, 3.63) is 0 Å². The zero-order valence-corrected chi connectivity index (χ0v) is 14.4. The van der Waals surface area contributed by atoms with Gasteiger partial charge in [0.25, 0.3) is 0 Å². The molecule has 0 unspecified atom stereocenters. The maximum atomic E-state index is 12.2. The van der Waals surface area contributed by atoms with Gasteiger partial charge in [-0.3, -0.25) is 4.79 Å². The molecule has 1 N–H and O–H groups in total. The molecule has 2 aliphatic heterocycles. The predicted octanol–water partition coefficient (Wildman–Crippen LogP) is 0.650. The minimum absolute atomic E-state index is 0.0115. The van der Waals surface area contributed by atoms with Crippen molar-refractivity contribution in [1.82, 2.24) is 14.5 Å². The molecule has 0 aliphatic carbocycles. The predicted molar refractivity (Wildman–Crippen MR) is 87.1 cm³/mol. The number of rotatable bonds is 7. The molecule has 2 heterocycles. The van der Waals surface area contributed by atoms with Gasteiger partial charge in [0.2, 0.25) is 15.9 Å². The van der Waals surface area contributed by atoms with Crippen molar-refractivity contribution in [3.8, 4) is 0 Å². The highest BCUT2D eigenvalue weighted by Crippen LogP contribution is 2.19. The van der Waals surface area contributed by atoms with Gasteiger partial charge in [-0.05, 0) is 58.7 Å². The van der Waals surface area contributed by atoms with Crippen LogP contribution in [-0.4, -0.2) is 68.6 Å². The van der Waals surface area contributed by atoms with E-state index in [4.69, 9.17) is 0 Å². The third kappa shape index (κ3) is 4.93. The molecule has 128 valence electrons. The highest BCUT2D eigenvalue weighted by atomic mass is 32.2. The van der Waals surface area contributed by atoms with E-state index in [9.17, 15) is 13.2 Å². The summed E-state index contributed by atoms with van der Waals surface area (Å²) in [6, 6.07) is 0. The number of nitrogens with zero attached hydrogens (tertiary/aromatic N) is 2. The van der Waals surface area contributed by atoms with Crippen LogP contribution in [0.25, 0.3) is 0 Å². The maximum Gasteiger partial charge on any atom is 0.224 e. The van der Waals surface area contributed by atoms with Crippen molar-refractivity contribution in [2.75, 3.05) is 45.0 Å². The standard InChI is InChI=1S/C15H29N3O3S/c1-2-22(20,21)18-12-5-7-14(13-18)15(19)16-8-6-11-17-9-3-4-10-17/h14H,2-13H2,1H3,(H,16,19)/t14-/m0/s1. The van der Waals surface area contributed by atoms with Gasteiger partial charge in [0.1, 0.15) is 0 Å². The van der Waals surface area contributed by atoms with Crippen LogP contribution in [0.1, 0.15) is 39.0 Å². The van der Waals surface area contributed by atoms with Gasteiger partial charge >= 0.3 is 0 Å². The molecule has 6 nitrogen and oxygen atoms in total. The van der Waals surface area contributed by atoms with Crippen LogP contribution in [0.5, 0.6) is 0 Å². The van der Waals surface area contributed by atoms with Crippen LogP contribution in [0.4, 0.5) is 0 Å². The number of piperidine rings is 1. The average molecular weight is 331 g/mol. The molecule has 22 heavy (non-hydrogen) atoms. The molecule has 0 aromatic carbocycles. The lowest BCUT2D eigenvalue weighted by atomic mass is 9.99. The SMILES string of the molecule is CCS(=O)(=O)N1CCC[C@H](C(=O)NCCCN2CCCC2)C1. The second kappa shape index (κ2) is 8.26. The number of sulfonamides is 1. The Hall–Kier alpha value is -0.660. The summed E-state index contributed by atoms with van der Waals surface area (Å²) in [7, 11) is -3.18. The average Bonchev–Trinajstić information content (AvgIpc) is 3.05. The largest absolute Gasteiger partial charge is 0.356 e. The van der Waals surface area contributed by atoms with Crippen LogP contribution < -0.4 is 5.32 Å². The van der Waals surface area contributed by atoms with Crippen molar-refractivity contribution in [3.63, 3.8) is 0 Å². The van der Waals surface area contributed by atoms with E-state index in [1.165, 1.54) is 30.2 Å². The van der Waals surface area contributed by atoms with Crippen molar-refractivity contribution < 1.29 is 13.2 Å². The van der Waals surface area contributed by atoms with Crippen LogP contribution in [0.15, 0.2) is 0 Å². The van der Waals surface area contributed by atoms with Gasteiger partial charge in [0.15, 0.2) is 0 Å². The Morgan fingerprint density at radius 1 is 1.18 bits per heavy atom. The van der Waals surface area contributed by atoms with Crippen LogP contribution in [0, 0.1) is 5.92 Å². The van der Waals surface area contributed by atoms with Crippen molar-refractivity contribution in [2.24, 2.45) is 5.92 Å². The van der Waals surface area contributed by atoms with Gasteiger partial charge in [0.05, 0.1) is 11.7 Å². The van der Waals surface area contributed by atoms with Gasteiger partial charge in [-0.25, -0.2) is 12.7 Å². The van der Waals surface area contributed by atoms with Gasteiger partial charge in [-0.15, -0.1) is 0 Å². The lowest BCUT2D eigenvalue weighted by molar-refractivity contribution is -0.126. The van der Waals surface area contributed by atoms with Gasteiger partial charge < -0.3 is 10.2 Å². The monoisotopic (exact) mass is 331 g/mol. The number of hydrogen-bond acceptors (Lipinski definition) is 4. The number of carbonyl (C=O) groups excluding carboxylic acids is 1. The summed E-state index contributed by atoms with van der Waals surface area (Å²) in [6.45, 7) is 6.63. The first-order chi connectivity index (χ1) is 10.5. The summed E-state index contributed by atoms with van der Waals surface area (Å²) < 4.78 is 25.3. The fourth-order valence-electron chi connectivity index (χ4n) is 3.26. The van der Waals surface area contributed by atoms with Gasteiger partial charge in [0, 0.05) is 19.6 Å². The van der Waals surface area contributed by atoms with E-state index in [1.54, 1.807) is 6.92 Å². The minimum atomic E-state index is -3.18. The van der Waals surface area contributed by atoms with Crippen LogP contribution in [0.3, 0.4) is 0 Å². The van der Waals surface area contributed by atoms with E-state index >= 15 is 0 Å². The van der Waals surface area contributed by atoms with E-state index in [-0.39, 0.29) is 17.6 Å². The first kappa shape index (κ1) is 17.7. The highest BCUT2D eigenvalue weighted by molar-refractivity contribution is 7.89. The Bertz CT molecular complexity index is 461. The fraction of sp³-hybridized carbons (Fsp3) is 0.933. The van der Waals surface area contributed by atoms with Crippen molar-refractivity contribution in [2.45, 2.75) is 39.0 Å². The molecule has 2 saturated heterocycles. The smallest absolute Gasteiger partial charge is 0.224 e. The number of carbonyl (C=O) groups is 1. The second-order valence-electron chi connectivity index (χ2n) is 6.29. The van der Waals surface area contributed by atoms with Gasteiger partial charge in [-0.1, -0.05) is 0 Å². The van der Waals surface area contributed by atoms with Crippen molar-refractivity contribution in [1.29, 1.82) is 0 Å². The summed E-state index contributed by atoms with van der Waals surface area (Å²) in [5.74, 6) is -0.0729. The second-order valence-corrected chi connectivity index (χ2v) is 8.55. The molecule has 0 bridgehead atoms. The van der Waals surface area contributed by atoms with Crippen LogP contribution in [0.2, 0.25) is 0 Å². The molecule has 0 saturated carbocycles. The Kier molecular flexibility index (Phi) is 6.65. The lowest BCUT2D eigenvalue weighted by Gasteiger charge is -2.31. The molecule has 7 heteroatoms. The molecule has 0 aromatic heterocycles. The van der Waals surface area contributed by atoms with E-state index in [1.807, 2.05) is 0 Å². The van der Waals surface area contributed by atoms with Crippen molar-refractivity contribution >= 4 is 15.9 Å². The Morgan fingerprint density at radius 3 is 2.59 bits per heavy atom. The normalized spacial score (nSPS) is 24.5. The molecule has 0 aromatic rings. The number of likely N-dealkylation sites (tertiary alicyclic amines) is 1. The van der Waals surface area contributed by atoms with Crippen LogP contribution >= 0.6 is 0 Å². The summed E-state index contributed by atoms with van der Waals surface area (Å²) in [4.78, 5) is 14.6. The number of nitrogens with one attached hydrogen (secondary N) is 1. The third-order valence-corrected chi connectivity index (χ3v) is 6.51. The zero-order chi connectivity index (χ0) is 16.0. The molecule has 0 radical (unpaired) electrons. The van der Waals surface area contributed by atoms with E-state index in [0.29, 0.717) is 19.6 Å². The first-order valence-corrected chi connectivity index (χ1v) is 10.1. The topological polar surface area (TPSA) is 69.7 Å². The molecular formula is C15H29N3O3S. The number of hydrogen-bond donors (Lipinski definition) is 1. The number of amides is 1. The summed E-state index contributed by atoms with van der Waals surface area (Å²) >= 11 is 0. The lowest BCUT2D eigenvalue weighted by Crippen LogP contribution is -2.46. The zero-order valence-electron chi connectivity index (χ0n) is 13.6. The molecule has 0 spiro atoms. The molecule has 2 fully saturated rings. The summed E-state index contributed by atoms with van der Waals surface area (Å²) in [6.07, 6.45) is 5.10. The molecule has 1 atom stereocenters. The Morgan fingerprint density at radius 2 is 1.91 bits per heavy atom. The molecule has 2 rings (SSSR count). The van der Waals surface area contributed by atoms with E-state index in [2.05, 4.69) is 10.2 Å². The van der Waals surface area contributed by atoms with Gasteiger partial charge in [-0.2, -0.15) is 0 Å². The maximum absolute atomic E-state index is 12.2. The quantitative estimate of drug-likeness (QED) is 0.696. The third-order valence-electron chi connectivity index (χ3n) is 4.66. The van der Waals surface area contributed by atoms with E-state index < -0.39 is 10.0 Å². The molecule has 2 aliphatic rings. The first-order valence-electron chi connectivity index (χ1n) is 8.51.